The van der Waals surface area contributed by atoms with Gasteiger partial charge in [-0.05, 0) is 17.7 Å². The summed E-state index contributed by atoms with van der Waals surface area (Å²) >= 11 is 0. The van der Waals surface area contributed by atoms with Crippen molar-refractivity contribution in [3.63, 3.8) is 0 Å². The highest BCUT2D eigenvalue weighted by molar-refractivity contribution is 6.12. The molecule has 31 heavy (non-hydrogen) atoms. The van der Waals surface area contributed by atoms with Gasteiger partial charge >= 0.3 is 0 Å². The average Bonchev–Trinajstić information content (AvgIpc) is 3.40. The van der Waals surface area contributed by atoms with Gasteiger partial charge in [-0.2, -0.15) is 5.10 Å². The highest BCUT2D eigenvalue weighted by Gasteiger charge is 2.21. The van der Waals surface area contributed by atoms with Gasteiger partial charge in [0, 0.05) is 27.6 Å². The third kappa shape index (κ3) is 2.79. The van der Waals surface area contributed by atoms with Crippen LogP contribution in [0.3, 0.4) is 0 Å². The Morgan fingerprint density at radius 3 is 2.19 bits per heavy atom. The lowest BCUT2D eigenvalue weighted by atomic mass is 9.95. The highest BCUT2D eigenvalue weighted by Crippen LogP contribution is 2.43. The van der Waals surface area contributed by atoms with Crippen LogP contribution in [0.5, 0.6) is 0 Å². The Kier molecular flexibility index (Phi) is 3.86. The molecule has 0 amide bonds. The molecule has 0 spiro atoms. The molecule has 3 heterocycles. The molecule has 3 aromatic carbocycles. The van der Waals surface area contributed by atoms with Crippen LogP contribution in [0.15, 0.2) is 91.0 Å². The summed E-state index contributed by atoms with van der Waals surface area (Å²) in [5, 5.41) is 9.27. The minimum Gasteiger partial charge on any atom is -0.383 e. The lowest BCUT2D eigenvalue weighted by molar-refractivity contribution is 1.11. The van der Waals surface area contributed by atoms with E-state index in [1.165, 1.54) is 0 Å². The van der Waals surface area contributed by atoms with E-state index < -0.39 is 0 Å². The Morgan fingerprint density at radius 1 is 0.742 bits per heavy atom. The number of nitrogens with zero attached hydrogens (tertiary/aromatic N) is 2. The van der Waals surface area contributed by atoms with Crippen molar-refractivity contribution in [2.24, 2.45) is 0 Å². The van der Waals surface area contributed by atoms with Gasteiger partial charge in [0.2, 0.25) is 0 Å². The first-order valence-electron chi connectivity index (χ1n) is 10.2. The second-order valence-corrected chi connectivity index (χ2v) is 7.54. The van der Waals surface area contributed by atoms with Gasteiger partial charge in [0.25, 0.3) is 0 Å². The summed E-state index contributed by atoms with van der Waals surface area (Å²) in [7, 11) is 0. The normalized spacial score (nSPS) is 11.4. The number of hydrogen-bond donors (Lipinski definition) is 3. The highest BCUT2D eigenvalue weighted by atomic mass is 15.2. The summed E-state index contributed by atoms with van der Waals surface area (Å²) in [5.74, 6) is 0.515. The smallest absolute Gasteiger partial charge is 0.184 e. The Morgan fingerprint density at radius 2 is 1.42 bits per heavy atom. The Labute approximate surface area is 178 Å². The fourth-order valence-electron chi connectivity index (χ4n) is 4.24. The van der Waals surface area contributed by atoms with Gasteiger partial charge in [-0.25, -0.2) is 4.98 Å². The molecule has 0 aliphatic rings. The predicted molar refractivity (Wildman–Crippen MR) is 126 cm³/mol. The molecule has 6 rings (SSSR count). The van der Waals surface area contributed by atoms with E-state index in [1.807, 2.05) is 42.5 Å². The molecule has 148 valence electrons. The maximum absolute atomic E-state index is 6.34. The Hall–Kier alpha value is -4.38. The zero-order chi connectivity index (χ0) is 20.8. The second-order valence-electron chi connectivity index (χ2n) is 7.54. The number of aromatic amines is 2. The van der Waals surface area contributed by atoms with Crippen LogP contribution in [-0.2, 0) is 0 Å². The van der Waals surface area contributed by atoms with Crippen LogP contribution in [0, 0.1) is 0 Å². The van der Waals surface area contributed by atoms with Crippen LogP contribution < -0.4 is 5.73 Å². The molecule has 0 atom stereocenters. The van der Waals surface area contributed by atoms with Gasteiger partial charge in [0.15, 0.2) is 5.65 Å². The van der Waals surface area contributed by atoms with Crippen molar-refractivity contribution < 1.29 is 0 Å². The van der Waals surface area contributed by atoms with Crippen molar-refractivity contribution in [1.82, 2.24) is 20.2 Å². The second kappa shape index (κ2) is 6.85. The maximum atomic E-state index is 6.34. The summed E-state index contributed by atoms with van der Waals surface area (Å²) in [6, 6.07) is 31.0. The van der Waals surface area contributed by atoms with E-state index in [9.17, 15) is 0 Å². The third-order valence-electron chi connectivity index (χ3n) is 5.66. The van der Waals surface area contributed by atoms with E-state index in [4.69, 9.17) is 10.7 Å². The lowest BCUT2D eigenvalue weighted by Gasteiger charge is -2.10. The molecule has 0 aliphatic heterocycles. The van der Waals surface area contributed by atoms with Crippen LogP contribution in [0.25, 0.3) is 55.6 Å². The molecule has 0 radical (unpaired) electrons. The topological polar surface area (TPSA) is 83.4 Å². The number of H-pyrrole nitrogens is 2. The SMILES string of the molecule is Nc1[nH]nc2nc(-c3ccccc3)cc(-c3c(-c4ccccc4)[nH]c4ccccc34)c12. The maximum Gasteiger partial charge on any atom is 0.184 e. The largest absolute Gasteiger partial charge is 0.383 e. The molecule has 0 saturated heterocycles. The van der Waals surface area contributed by atoms with Crippen molar-refractivity contribution in [3.05, 3.63) is 91.0 Å². The average molecular weight is 401 g/mol. The van der Waals surface area contributed by atoms with E-state index in [0.717, 1.165) is 49.9 Å². The van der Waals surface area contributed by atoms with Crippen LogP contribution in [0.1, 0.15) is 0 Å². The van der Waals surface area contributed by atoms with Gasteiger partial charge in [-0.15, -0.1) is 0 Å². The molecule has 0 bridgehead atoms. The first-order valence-corrected chi connectivity index (χ1v) is 10.2. The first-order chi connectivity index (χ1) is 15.3. The number of para-hydroxylation sites is 1. The van der Waals surface area contributed by atoms with Gasteiger partial charge in [0.05, 0.1) is 16.8 Å². The fraction of sp³-hybridized carbons (Fsp3) is 0. The molecule has 5 heteroatoms. The van der Waals surface area contributed by atoms with Gasteiger partial charge in [-0.1, -0.05) is 78.9 Å². The standard InChI is InChI=1S/C26H19N5/c27-25-23-19(15-21(29-26(23)31-30-25)16-9-3-1-4-10-16)22-18-13-7-8-14-20(18)28-24(22)17-11-5-2-6-12-17/h1-15,28H,(H3,27,29,30,31). The summed E-state index contributed by atoms with van der Waals surface area (Å²) < 4.78 is 0. The van der Waals surface area contributed by atoms with Crippen molar-refractivity contribution >= 4 is 27.8 Å². The minimum atomic E-state index is 0.515. The molecule has 6 aromatic rings. The number of nitrogens with two attached hydrogens (primary N) is 1. The van der Waals surface area contributed by atoms with E-state index in [2.05, 4.69) is 63.7 Å². The Balaban J connectivity index is 1.74. The Bertz CT molecular complexity index is 1530. The van der Waals surface area contributed by atoms with E-state index in [0.29, 0.717) is 11.5 Å². The molecule has 3 aromatic heterocycles. The summed E-state index contributed by atoms with van der Waals surface area (Å²) in [4.78, 5) is 8.41. The number of anilines is 1. The third-order valence-corrected chi connectivity index (χ3v) is 5.66. The van der Waals surface area contributed by atoms with Gasteiger partial charge < -0.3 is 10.7 Å². The molecule has 5 nitrogen and oxygen atoms in total. The van der Waals surface area contributed by atoms with Crippen molar-refractivity contribution in [2.45, 2.75) is 0 Å². The predicted octanol–water partition coefficient (Wildman–Crippen LogP) is 6.02. The van der Waals surface area contributed by atoms with Crippen LogP contribution in [-0.4, -0.2) is 20.2 Å². The summed E-state index contributed by atoms with van der Waals surface area (Å²) in [5.41, 5.74) is 14.2. The summed E-state index contributed by atoms with van der Waals surface area (Å²) in [6.45, 7) is 0. The molecular weight excluding hydrogens is 382 g/mol. The zero-order valence-electron chi connectivity index (χ0n) is 16.6. The number of pyridine rings is 1. The molecule has 0 unspecified atom stereocenters. The summed E-state index contributed by atoms with van der Waals surface area (Å²) in [6.07, 6.45) is 0. The number of hydrogen-bond acceptors (Lipinski definition) is 3. The number of fused-ring (bicyclic) bond motifs is 2. The van der Waals surface area contributed by atoms with Crippen LogP contribution in [0.4, 0.5) is 5.82 Å². The number of rotatable bonds is 3. The first kappa shape index (κ1) is 17.5. The van der Waals surface area contributed by atoms with Crippen molar-refractivity contribution in [2.75, 3.05) is 5.73 Å². The van der Waals surface area contributed by atoms with Crippen molar-refractivity contribution in [3.8, 4) is 33.6 Å². The number of nitrogen functional groups attached to an aromatic ring is 1. The van der Waals surface area contributed by atoms with Crippen molar-refractivity contribution in [1.29, 1.82) is 0 Å². The fourth-order valence-corrected chi connectivity index (χ4v) is 4.24. The lowest BCUT2D eigenvalue weighted by Crippen LogP contribution is -1.92. The quantitative estimate of drug-likeness (QED) is 0.339. The number of benzene rings is 3. The van der Waals surface area contributed by atoms with Gasteiger partial charge in [0.1, 0.15) is 5.82 Å². The number of aromatic nitrogens is 4. The molecular formula is C26H19N5. The van der Waals surface area contributed by atoms with E-state index in [1.54, 1.807) is 0 Å². The van der Waals surface area contributed by atoms with Crippen LogP contribution >= 0.6 is 0 Å². The number of nitrogens with one attached hydrogen (secondary N) is 2. The van der Waals surface area contributed by atoms with E-state index in [-0.39, 0.29) is 0 Å². The minimum absolute atomic E-state index is 0.515. The van der Waals surface area contributed by atoms with Crippen LogP contribution in [0.2, 0.25) is 0 Å². The van der Waals surface area contributed by atoms with Gasteiger partial charge in [-0.3, -0.25) is 5.10 Å². The molecule has 0 fully saturated rings. The molecule has 4 N–H and O–H groups in total. The monoisotopic (exact) mass is 401 g/mol. The molecule has 0 aliphatic carbocycles. The van der Waals surface area contributed by atoms with E-state index >= 15 is 0 Å². The molecule has 0 saturated carbocycles. The zero-order valence-corrected chi connectivity index (χ0v) is 16.6.